The van der Waals surface area contributed by atoms with Crippen molar-refractivity contribution in [2.45, 2.75) is 19.9 Å². The highest BCUT2D eigenvalue weighted by Crippen LogP contribution is 2.04. The molecule has 0 saturated heterocycles. The molecule has 0 aliphatic heterocycles. The zero-order valence-electron chi connectivity index (χ0n) is 9.61. The monoisotopic (exact) mass is 255 g/mol. The zero-order valence-corrected chi connectivity index (χ0v) is 10.4. The van der Waals surface area contributed by atoms with E-state index < -0.39 is 17.8 Å². The summed E-state index contributed by atoms with van der Waals surface area (Å²) in [6.45, 7) is 3.78. The van der Waals surface area contributed by atoms with Crippen LogP contribution < -0.4 is 11.1 Å². The van der Waals surface area contributed by atoms with E-state index in [0.29, 0.717) is 0 Å². The third-order valence-electron chi connectivity index (χ3n) is 2.22. The third kappa shape index (κ3) is 3.74. The van der Waals surface area contributed by atoms with Crippen molar-refractivity contribution in [3.63, 3.8) is 0 Å². The number of nitrogens with two attached hydrogens (primary N) is 1. The van der Waals surface area contributed by atoms with Crippen LogP contribution in [0.15, 0.2) is 18.3 Å². The van der Waals surface area contributed by atoms with E-state index in [9.17, 15) is 9.18 Å². The van der Waals surface area contributed by atoms with Gasteiger partial charge >= 0.3 is 0 Å². The lowest BCUT2D eigenvalue weighted by atomic mass is 10.0. The van der Waals surface area contributed by atoms with Gasteiger partial charge in [0.25, 0.3) is 5.91 Å². The molecule has 0 radical (unpaired) electrons. The minimum atomic E-state index is -0.490. The van der Waals surface area contributed by atoms with Crippen LogP contribution in [0.3, 0.4) is 0 Å². The Morgan fingerprint density at radius 2 is 2.18 bits per heavy atom. The molecule has 6 heteroatoms. The highest BCUT2D eigenvalue weighted by molar-refractivity contribution is 7.80. The van der Waals surface area contributed by atoms with Gasteiger partial charge < -0.3 is 11.1 Å². The molecular formula is C11H14FN3OS. The standard InChI is InChI=1S/C11H14FN3OS/c1-6(2)9(10(13)17)15-11(16)8-4-3-7(12)5-14-8/h3-6,9H,1-2H3,(H2,13,17)(H,15,16). The number of hydrogen-bond donors (Lipinski definition) is 2. The van der Waals surface area contributed by atoms with E-state index in [1.165, 1.54) is 12.1 Å². The van der Waals surface area contributed by atoms with Crippen LogP contribution in [0, 0.1) is 11.7 Å². The van der Waals surface area contributed by atoms with Crippen LogP contribution in [0.2, 0.25) is 0 Å². The average molecular weight is 255 g/mol. The quantitative estimate of drug-likeness (QED) is 0.795. The number of rotatable bonds is 4. The van der Waals surface area contributed by atoms with Crippen molar-refractivity contribution in [1.29, 1.82) is 0 Å². The maximum atomic E-state index is 12.6. The van der Waals surface area contributed by atoms with Crippen molar-refractivity contribution < 1.29 is 9.18 Å². The molecule has 0 bridgehead atoms. The van der Waals surface area contributed by atoms with E-state index in [2.05, 4.69) is 10.3 Å². The molecule has 1 aromatic heterocycles. The lowest BCUT2D eigenvalue weighted by molar-refractivity contribution is 0.0934. The highest BCUT2D eigenvalue weighted by Gasteiger charge is 2.20. The summed E-state index contributed by atoms with van der Waals surface area (Å²) in [5.74, 6) is -0.829. The van der Waals surface area contributed by atoms with E-state index >= 15 is 0 Å². The first-order valence-corrected chi connectivity index (χ1v) is 5.54. The van der Waals surface area contributed by atoms with Crippen molar-refractivity contribution in [2.24, 2.45) is 11.7 Å². The molecule has 17 heavy (non-hydrogen) atoms. The fourth-order valence-electron chi connectivity index (χ4n) is 1.29. The van der Waals surface area contributed by atoms with Gasteiger partial charge in [0.05, 0.1) is 17.2 Å². The van der Waals surface area contributed by atoms with Gasteiger partial charge in [-0.3, -0.25) is 4.79 Å². The van der Waals surface area contributed by atoms with Crippen LogP contribution in [-0.4, -0.2) is 21.9 Å². The van der Waals surface area contributed by atoms with Crippen molar-refractivity contribution in [1.82, 2.24) is 10.3 Å². The normalized spacial score (nSPS) is 12.2. The largest absolute Gasteiger partial charge is 0.392 e. The summed E-state index contributed by atoms with van der Waals surface area (Å²) in [5, 5.41) is 2.66. The summed E-state index contributed by atoms with van der Waals surface area (Å²) in [7, 11) is 0. The molecule has 0 fully saturated rings. The van der Waals surface area contributed by atoms with Crippen LogP contribution >= 0.6 is 12.2 Å². The molecule has 1 aromatic rings. The first kappa shape index (κ1) is 13.5. The van der Waals surface area contributed by atoms with Gasteiger partial charge in [0.15, 0.2) is 0 Å². The molecule has 3 N–H and O–H groups in total. The molecule has 1 amide bonds. The summed E-state index contributed by atoms with van der Waals surface area (Å²) < 4.78 is 12.6. The lowest BCUT2D eigenvalue weighted by Gasteiger charge is -2.20. The number of hydrogen-bond acceptors (Lipinski definition) is 3. The Hall–Kier alpha value is -1.56. The van der Waals surface area contributed by atoms with Gasteiger partial charge in [-0.1, -0.05) is 26.1 Å². The summed E-state index contributed by atoms with van der Waals surface area (Å²) >= 11 is 4.86. The Morgan fingerprint density at radius 3 is 2.59 bits per heavy atom. The number of pyridine rings is 1. The molecule has 0 aliphatic rings. The van der Waals surface area contributed by atoms with E-state index in [0.717, 1.165) is 6.20 Å². The number of nitrogens with zero attached hydrogens (tertiary/aromatic N) is 1. The van der Waals surface area contributed by atoms with Crippen molar-refractivity contribution in [3.8, 4) is 0 Å². The van der Waals surface area contributed by atoms with Crippen LogP contribution in [0.5, 0.6) is 0 Å². The van der Waals surface area contributed by atoms with Crippen LogP contribution in [0.4, 0.5) is 4.39 Å². The third-order valence-corrected chi connectivity index (χ3v) is 2.47. The predicted molar refractivity (Wildman–Crippen MR) is 67.1 cm³/mol. The fraction of sp³-hybridized carbons (Fsp3) is 0.364. The summed E-state index contributed by atoms with van der Waals surface area (Å²) in [4.78, 5) is 15.7. The molecule has 1 rings (SSSR count). The van der Waals surface area contributed by atoms with E-state index in [4.69, 9.17) is 18.0 Å². The van der Waals surface area contributed by atoms with E-state index in [-0.39, 0.29) is 16.6 Å². The Morgan fingerprint density at radius 1 is 1.53 bits per heavy atom. The second-order valence-electron chi connectivity index (χ2n) is 3.96. The first-order valence-electron chi connectivity index (χ1n) is 5.13. The zero-order chi connectivity index (χ0) is 13.0. The molecule has 0 aromatic carbocycles. The van der Waals surface area contributed by atoms with Gasteiger partial charge in [0, 0.05) is 0 Å². The van der Waals surface area contributed by atoms with Crippen LogP contribution in [-0.2, 0) is 0 Å². The van der Waals surface area contributed by atoms with Gasteiger partial charge in [-0.2, -0.15) is 0 Å². The summed E-state index contributed by atoms with van der Waals surface area (Å²) in [6, 6.07) is 2.08. The summed E-state index contributed by atoms with van der Waals surface area (Å²) in [5.41, 5.74) is 5.66. The Kier molecular flexibility index (Phi) is 4.51. The fourth-order valence-corrected chi connectivity index (χ4v) is 1.62. The topological polar surface area (TPSA) is 68.0 Å². The Labute approximate surface area is 104 Å². The minimum Gasteiger partial charge on any atom is -0.392 e. The van der Waals surface area contributed by atoms with Gasteiger partial charge in [-0.15, -0.1) is 0 Å². The Bertz CT molecular complexity index is 419. The smallest absolute Gasteiger partial charge is 0.270 e. The molecular weight excluding hydrogens is 241 g/mol. The summed E-state index contributed by atoms with van der Waals surface area (Å²) in [6.07, 6.45) is 0.986. The maximum Gasteiger partial charge on any atom is 0.270 e. The molecule has 1 unspecified atom stereocenters. The number of carbonyl (C=O) groups is 1. The predicted octanol–water partition coefficient (Wildman–Crippen LogP) is 1.26. The molecule has 0 aliphatic carbocycles. The van der Waals surface area contributed by atoms with Gasteiger partial charge in [0.1, 0.15) is 11.5 Å². The Balaban J connectivity index is 2.77. The van der Waals surface area contributed by atoms with Crippen molar-refractivity contribution in [2.75, 3.05) is 0 Å². The number of amides is 1. The minimum absolute atomic E-state index is 0.0805. The number of thiocarbonyl (C=S) groups is 1. The van der Waals surface area contributed by atoms with Crippen molar-refractivity contribution in [3.05, 3.63) is 29.8 Å². The molecule has 0 saturated carbocycles. The number of nitrogens with one attached hydrogen (secondary N) is 1. The van der Waals surface area contributed by atoms with Crippen LogP contribution in [0.1, 0.15) is 24.3 Å². The van der Waals surface area contributed by atoms with Gasteiger partial charge in [0.2, 0.25) is 0 Å². The van der Waals surface area contributed by atoms with E-state index in [1.54, 1.807) is 0 Å². The maximum absolute atomic E-state index is 12.6. The second kappa shape index (κ2) is 5.67. The number of halogens is 1. The van der Waals surface area contributed by atoms with Crippen LogP contribution in [0.25, 0.3) is 0 Å². The molecule has 1 atom stereocenters. The molecule has 1 heterocycles. The number of carbonyl (C=O) groups excluding carboxylic acids is 1. The van der Waals surface area contributed by atoms with Gasteiger partial charge in [-0.05, 0) is 18.1 Å². The molecule has 92 valence electrons. The lowest BCUT2D eigenvalue weighted by Crippen LogP contribution is -2.47. The average Bonchev–Trinajstić information content (AvgIpc) is 2.25. The van der Waals surface area contributed by atoms with Crippen molar-refractivity contribution >= 4 is 23.1 Å². The SMILES string of the molecule is CC(C)C(NC(=O)c1ccc(F)cn1)C(N)=S. The van der Waals surface area contributed by atoms with E-state index in [1.807, 2.05) is 13.8 Å². The number of aromatic nitrogens is 1. The highest BCUT2D eigenvalue weighted by atomic mass is 32.1. The molecule has 4 nitrogen and oxygen atoms in total. The van der Waals surface area contributed by atoms with Gasteiger partial charge in [-0.25, -0.2) is 9.37 Å². The second-order valence-corrected chi connectivity index (χ2v) is 4.43. The molecule has 0 spiro atoms. The first-order chi connectivity index (χ1) is 7.91.